The maximum absolute atomic E-state index is 11.1. The lowest BCUT2D eigenvalue weighted by Gasteiger charge is -2.08. The van der Waals surface area contributed by atoms with Crippen molar-refractivity contribution in [2.75, 3.05) is 7.11 Å². The molecule has 17 heavy (non-hydrogen) atoms. The molecule has 1 aromatic carbocycles. The van der Waals surface area contributed by atoms with Gasteiger partial charge in [-0.15, -0.1) is 0 Å². The third-order valence-electron chi connectivity index (χ3n) is 2.60. The highest BCUT2D eigenvalue weighted by molar-refractivity contribution is 5.88. The molecule has 3 nitrogen and oxygen atoms in total. The van der Waals surface area contributed by atoms with Crippen LogP contribution in [-0.4, -0.2) is 19.4 Å². The number of aryl methyl sites for hydroxylation is 2. The summed E-state index contributed by atoms with van der Waals surface area (Å²) in [6.07, 6.45) is 4.76. The van der Waals surface area contributed by atoms with Gasteiger partial charge in [0.05, 0.1) is 7.11 Å². The molecule has 0 aromatic heterocycles. The second-order valence-electron chi connectivity index (χ2n) is 3.74. The lowest BCUT2D eigenvalue weighted by molar-refractivity contribution is -0.134. The fourth-order valence-corrected chi connectivity index (χ4v) is 1.72. The molecule has 0 N–H and O–H groups in total. The van der Waals surface area contributed by atoms with Gasteiger partial charge in [-0.25, -0.2) is 4.79 Å². The minimum atomic E-state index is -0.383. The van der Waals surface area contributed by atoms with Crippen LogP contribution in [0.1, 0.15) is 34.0 Å². The molecule has 0 spiro atoms. The van der Waals surface area contributed by atoms with E-state index in [9.17, 15) is 9.59 Å². The van der Waals surface area contributed by atoms with Gasteiger partial charge in [0.1, 0.15) is 6.29 Å². The molecule has 90 valence electrons. The maximum Gasteiger partial charge on any atom is 0.330 e. The zero-order valence-electron chi connectivity index (χ0n) is 10.3. The molecule has 0 aliphatic rings. The zero-order chi connectivity index (χ0) is 12.8. The van der Waals surface area contributed by atoms with E-state index in [1.807, 2.05) is 26.0 Å². The molecule has 1 aromatic rings. The van der Waals surface area contributed by atoms with Crippen LogP contribution >= 0.6 is 0 Å². The van der Waals surface area contributed by atoms with Gasteiger partial charge in [-0.05, 0) is 48.2 Å². The normalized spacial score (nSPS) is 10.5. The smallest absolute Gasteiger partial charge is 0.330 e. The molecule has 0 saturated heterocycles. The van der Waals surface area contributed by atoms with Gasteiger partial charge < -0.3 is 4.74 Å². The van der Waals surface area contributed by atoms with E-state index in [1.165, 1.54) is 13.2 Å². The summed E-state index contributed by atoms with van der Waals surface area (Å²) in [5.41, 5.74) is 3.66. The Bertz CT molecular complexity index is 459. The minimum Gasteiger partial charge on any atom is -0.466 e. The number of carbonyl (C=O) groups excluding carboxylic acids is 2. The first-order chi connectivity index (χ1) is 8.12. The first kappa shape index (κ1) is 13.2. The van der Waals surface area contributed by atoms with Crippen molar-refractivity contribution in [1.82, 2.24) is 0 Å². The highest BCUT2D eigenvalue weighted by atomic mass is 16.5. The van der Waals surface area contributed by atoms with Crippen molar-refractivity contribution in [2.24, 2.45) is 0 Å². The van der Waals surface area contributed by atoms with Crippen molar-refractivity contribution < 1.29 is 14.3 Å². The molecular weight excluding hydrogens is 216 g/mol. The Balaban J connectivity index is 3.18. The Morgan fingerprint density at radius 2 is 2.12 bits per heavy atom. The van der Waals surface area contributed by atoms with Crippen molar-refractivity contribution >= 4 is 18.3 Å². The fraction of sp³-hybridized carbons (Fsp3) is 0.286. The van der Waals surface area contributed by atoms with E-state index in [2.05, 4.69) is 4.74 Å². The third-order valence-corrected chi connectivity index (χ3v) is 2.60. The first-order valence-corrected chi connectivity index (χ1v) is 5.47. The van der Waals surface area contributed by atoms with E-state index in [-0.39, 0.29) is 5.97 Å². The summed E-state index contributed by atoms with van der Waals surface area (Å²) in [7, 11) is 1.34. The fourth-order valence-electron chi connectivity index (χ4n) is 1.72. The summed E-state index contributed by atoms with van der Waals surface area (Å²) in [4.78, 5) is 21.8. The van der Waals surface area contributed by atoms with Crippen molar-refractivity contribution in [3.05, 3.63) is 40.5 Å². The lowest BCUT2D eigenvalue weighted by atomic mass is 9.97. The van der Waals surface area contributed by atoms with Crippen LogP contribution in [0.25, 0.3) is 6.08 Å². The number of aldehydes is 1. The van der Waals surface area contributed by atoms with Gasteiger partial charge in [-0.1, -0.05) is 6.92 Å². The van der Waals surface area contributed by atoms with Crippen LogP contribution in [0, 0.1) is 6.92 Å². The summed E-state index contributed by atoms with van der Waals surface area (Å²) in [6, 6.07) is 3.65. The van der Waals surface area contributed by atoms with Gasteiger partial charge in [0.15, 0.2) is 0 Å². The number of carbonyl (C=O) groups is 2. The molecule has 0 atom stereocenters. The van der Waals surface area contributed by atoms with E-state index >= 15 is 0 Å². The number of esters is 1. The van der Waals surface area contributed by atoms with Gasteiger partial charge in [-0.3, -0.25) is 4.79 Å². The predicted octanol–water partition coefficient (Wildman–Crippen LogP) is 2.56. The van der Waals surface area contributed by atoms with Crippen LogP contribution in [0.4, 0.5) is 0 Å². The number of ether oxygens (including phenoxy) is 1. The standard InChI is InChI=1S/C14H16O3/c1-4-12-8-11(9-15)7-10(2)13(12)5-6-14(16)17-3/h5-9H,4H2,1-3H3/b6-5+. The van der Waals surface area contributed by atoms with Crippen molar-refractivity contribution in [2.45, 2.75) is 20.3 Å². The number of rotatable bonds is 4. The highest BCUT2D eigenvalue weighted by Gasteiger charge is 2.05. The number of hydrogen-bond acceptors (Lipinski definition) is 3. The van der Waals surface area contributed by atoms with Crippen LogP contribution in [0.5, 0.6) is 0 Å². The predicted molar refractivity (Wildman–Crippen MR) is 67.0 cm³/mol. The maximum atomic E-state index is 11.1. The summed E-state index contributed by atoms with van der Waals surface area (Å²) >= 11 is 0. The Kier molecular flexibility index (Phi) is 4.64. The molecule has 0 fully saturated rings. The van der Waals surface area contributed by atoms with Crippen molar-refractivity contribution in [3.8, 4) is 0 Å². The van der Waals surface area contributed by atoms with Crippen LogP contribution in [0.2, 0.25) is 0 Å². The quantitative estimate of drug-likeness (QED) is 0.455. The first-order valence-electron chi connectivity index (χ1n) is 5.47. The molecule has 0 aliphatic heterocycles. The average Bonchev–Trinajstić information content (AvgIpc) is 2.35. The van der Waals surface area contributed by atoms with E-state index in [1.54, 1.807) is 6.08 Å². The molecular formula is C14H16O3. The zero-order valence-corrected chi connectivity index (χ0v) is 10.3. The van der Waals surface area contributed by atoms with E-state index in [4.69, 9.17) is 0 Å². The Morgan fingerprint density at radius 1 is 1.41 bits per heavy atom. The largest absolute Gasteiger partial charge is 0.466 e. The highest BCUT2D eigenvalue weighted by Crippen LogP contribution is 2.19. The van der Waals surface area contributed by atoms with Crippen LogP contribution in [0.3, 0.4) is 0 Å². The van der Waals surface area contributed by atoms with Crippen molar-refractivity contribution in [1.29, 1.82) is 0 Å². The van der Waals surface area contributed by atoms with Gasteiger partial charge in [0.25, 0.3) is 0 Å². The summed E-state index contributed by atoms with van der Waals surface area (Å²) in [6.45, 7) is 3.93. The number of hydrogen-bond donors (Lipinski definition) is 0. The monoisotopic (exact) mass is 232 g/mol. The van der Waals surface area contributed by atoms with E-state index in [0.29, 0.717) is 5.56 Å². The average molecular weight is 232 g/mol. The molecule has 3 heteroatoms. The molecule has 0 saturated carbocycles. The van der Waals surface area contributed by atoms with Crippen LogP contribution in [0.15, 0.2) is 18.2 Å². The second-order valence-corrected chi connectivity index (χ2v) is 3.74. The van der Waals surface area contributed by atoms with E-state index in [0.717, 1.165) is 29.4 Å². The van der Waals surface area contributed by atoms with Gasteiger partial charge in [0.2, 0.25) is 0 Å². The number of methoxy groups -OCH3 is 1. The Hall–Kier alpha value is -1.90. The minimum absolute atomic E-state index is 0.383. The van der Waals surface area contributed by atoms with Gasteiger partial charge >= 0.3 is 5.97 Å². The molecule has 0 unspecified atom stereocenters. The molecule has 0 heterocycles. The van der Waals surface area contributed by atoms with E-state index < -0.39 is 0 Å². The summed E-state index contributed by atoms with van der Waals surface area (Å²) < 4.78 is 4.55. The third kappa shape index (κ3) is 3.28. The summed E-state index contributed by atoms with van der Waals surface area (Å²) in [5.74, 6) is -0.383. The van der Waals surface area contributed by atoms with Crippen LogP contribution in [-0.2, 0) is 16.0 Å². The molecule has 0 bridgehead atoms. The van der Waals surface area contributed by atoms with Gasteiger partial charge in [0, 0.05) is 11.6 Å². The SMILES string of the molecule is CCc1cc(C=O)cc(C)c1/C=C/C(=O)OC. The Labute approximate surface area is 101 Å². The summed E-state index contributed by atoms with van der Waals surface area (Å²) in [5, 5.41) is 0. The topological polar surface area (TPSA) is 43.4 Å². The molecule has 0 aliphatic carbocycles. The molecule has 0 radical (unpaired) electrons. The second kappa shape index (κ2) is 5.99. The molecule has 0 amide bonds. The molecule has 1 rings (SSSR count). The lowest BCUT2D eigenvalue weighted by Crippen LogP contribution is -1.97. The van der Waals surface area contributed by atoms with Crippen molar-refractivity contribution in [3.63, 3.8) is 0 Å². The van der Waals surface area contributed by atoms with Crippen LogP contribution < -0.4 is 0 Å². The number of benzene rings is 1. The Morgan fingerprint density at radius 3 is 2.65 bits per heavy atom. The van der Waals surface area contributed by atoms with Gasteiger partial charge in [-0.2, -0.15) is 0 Å².